The summed E-state index contributed by atoms with van der Waals surface area (Å²) in [6, 6.07) is 0. The van der Waals surface area contributed by atoms with Gasteiger partial charge in [0, 0.05) is 32.3 Å². The second kappa shape index (κ2) is 4.99. The standard InChI is InChI=1S/C15H29N3O/c1-14(19-2)5-3-7-18(12-14)15(11-16)6-9-17-8-4-13(15)10-17/h13H,3-12,16H2,1-2H3. The van der Waals surface area contributed by atoms with Crippen LogP contribution in [0.1, 0.15) is 32.6 Å². The minimum atomic E-state index is 0.0240. The minimum absolute atomic E-state index is 0.0240. The Balaban J connectivity index is 1.81. The van der Waals surface area contributed by atoms with Crippen molar-refractivity contribution >= 4 is 0 Å². The third-order valence-corrected chi connectivity index (χ3v) is 6.03. The van der Waals surface area contributed by atoms with Crippen LogP contribution in [0.4, 0.5) is 0 Å². The lowest BCUT2D eigenvalue weighted by molar-refractivity contribution is -0.0994. The minimum Gasteiger partial charge on any atom is -0.377 e. The Kier molecular flexibility index (Phi) is 3.63. The molecule has 0 saturated carbocycles. The van der Waals surface area contributed by atoms with Gasteiger partial charge in [0.2, 0.25) is 0 Å². The zero-order chi connectivity index (χ0) is 13.5. The molecule has 4 unspecified atom stereocenters. The first-order valence-electron chi connectivity index (χ1n) is 7.84. The molecule has 0 spiro atoms. The van der Waals surface area contributed by atoms with E-state index in [1.165, 1.54) is 51.9 Å². The van der Waals surface area contributed by atoms with Crippen LogP contribution in [0.3, 0.4) is 0 Å². The SMILES string of the molecule is COC1(C)CCCN(C2(CN)CCN3CCC2C3)C1. The molecule has 0 aromatic carbocycles. The van der Waals surface area contributed by atoms with Crippen molar-refractivity contribution in [2.75, 3.05) is 46.4 Å². The van der Waals surface area contributed by atoms with Gasteiger partial charge >= 0.3 is 0 Å². The molecule has 3 aliphatic rings. The maximum Gasteiger partial charge on any atom is 0.0777 e. The summed E-state index contributed by atoms with van der Waals surface area (Å²) in [5.41, 5.74) is 6.55. The second-order valence-corrected chi connectivity index (χ2v) is 7.02. The van der Waals surface area contributed by atoms with E-state index < -0.39 is 0 Å². The number of hydrogen-bond acceptors (Lipinski definition) is 4. The molecule has 0 aromatic rings. The van der Waals surface area contributed by atoms with Crippen molar-refractivity contribution in [3.8, 4) is 0 Å². The molecular formula is C15H29N3O. The fraction of sp³-hybridized carbons (Fsp3) is 1.00. The predicted molar refractivity (Wildman–Crippen MR) is 77.2 cm³/mol. The van der Waals surface area contributed by atoms with Crippen molar-refractivity contribution in [2.45, 2.75) is 43.7 Å². The number of methoxy groups -OCH3 is 1. The zero-order valence-electron chi connectivity index (χ0n) is 12.5. The van der Waals surface area contributed by atoms with Crippen LogP contribution >= 0.6 is 0 Å². The highest BCUT2D eigenvalue weighted by Gasteiger charge is 2.50. The molecule has 3 aliphatic heterocycles. The lowest BCUT2D eigenvalue weighted by Crippen LogP contribution is -2.66. The Labute approximate surface area is 117 Å². The summed E-state index contributed by atoms with van der Waals surface area (Å²) >= 11 is 0. The van der Waals surface area contributed by atoms with Gasteiger partial charge in [-0.05, 0) is 58.2 Å². The van der Waals surface area contributed by atoms with Gasteiger partial charge < -0.3 is 15.4 Å². The molecule has 2 N–H and O–H groups in total. The number of ether oxygens (including phenoxy) is 1. The third kappa shape index (κ3) is 2.23. The molecule has 110 valence electrons. The monoisotopic (exact) mass is 267 g/mol. The molecule has 0 amide bonds. The van der Waals surface area contributed by atoms with E-state index in [4.69, 9.17) is 10.5 Å². The van der Waals surface area contributed by atoms with Gasteiger partial charge in [-0.1, -0.05) is 0 Å². The molecule has 4 nitrogen and oxygen atoms in total. The van der Waals surface area contributed by atoms with Crippen molar-refractivity contribution in [1.82, 2.24) is 9.80 Å². The van der Waals surface area contributed by atoms with Crippen molar-refractivity contribution in [2.24, 2.45) is 11.7 Å². The predicted octanol–water partition coefficient (Wildman–Crippen LogP) is 0.910. The van der Waals surface area contributed by atoms with Crippen LogP contribution in [-0.2, 0) is 4.74 Å². The summed E-state index contributed by atoms with van der Waals surface area (Å²) in [6.45, 7) is 9.09. The quantitative estimate of drug-likeness (QED) is 0.825. The maximum absolute atomic E-state index is 6.28. The van der Waals surface area contributed by atoms with Gasteiger partial charge in [0.05, 0.1) is 5.60 Å². The highest BCUT2D eigenvalue weighted by atomic mass is 16.5. The van der Waals surface area contributed by atoms with Crippen LogP contribution < -0.4 is 5.73 Å². The molecule has 3 heterocycles. The normalized spacial score (nSPS) is 47.5. The number of nitrogens with zero attached hydrogens (tertiary/aromatic N) is 2. The first-order valence-corrected chi connectivity index (χ1v) is 7.84. The third-order valence-electron chi connectivity index (χ3n) is 6.03. The van der Waals surface area contributed by atoms with Crippen LogP contribution in [0, 0.1) is 5.92 Å². The van der Waals surface area contributed by atoms with Crippen molar-refractivity contribution in [3.05, 3.63) is 0 Å². The van der Waals surface area contributed by atoms with Crippen LogP contribution in [-0.4, -0.2) is 67.3 Å². The van der Waals surface area contributed by atoms with Gasteiger partial charge in [0.15, 0.2) is 0 Å². The second-order valence-electron chi connectivity index (χ2n) is 7.02. The van der Waals surface area contributed by atoms with Gasteiger partial charge in [-0.2, -0.15) is 0 Å². The number of piperidine rings is 2. The largest absolute Gasteiger partial charge is 0.377 e. The summed E-state index contributed by atoms with van der Waals surface area (Å²) < 4.78 is 5.78. The lowest BCUT2D eigenvalue weighted by Gasteiger charge is -2.54. The zero-order valence-corrected chi connectivity index (χ0v) is 12.5. The number of rotatable bonds is 3. The van der Waals surface area contributed by atoms with Gasteiger partial charge in [0.25, 0.3) is 0 Å². The Morgan fingerprint density at radius 2 is 2.11 bits per heavy atom. The lowest BCUT2D eigenvalue weighted by atomic mass is 9.75. The number of likely N-dealkylation sites (tertiary alicyclic amines) is 1. The van der Waals surface area contributed by atoms with Crippen LogP contribution in [0.2, 0.25) is 0 Å². The number of hydrogen-bond donors (Lipinski definition) is 1. The van der Waals surface area contributed by atoms with Gasteiger partial charge in [0.1, 0.15) is 0 Å². The smallest absolute Gasteiger partial charge is 0.0777 e. The van der Waals surface area contributed by atoms with Crippen LogP contribution in [0.25, 0.3) is 0 Å². The molecule has 4 atom stereocenters. The first kappa shape index (κ1) is 13.8. The van der Waals surface area contributed by atoms with Crippen LogP contribution in [0.5, 0.6) is 0 Å². The van der Waals surface area contributed by atoms with Gasteiger partial charge in [-0.25, -0.2) is 0 Å². The summed E-state index contributed by atoms with van der Waals surface area (Å²) in [6.07, 6.45) is 4.99. The van der Waals surface area contributed by atoms with Crippen molar-refractivity contribution in [1.29, 1.82) is 0 Å². The van der Waals surface area contributed by atoms with Crippen molar-refractivity contribution in [3.63, 3.8) is 0 Å². The molecule has 19 heavy (non-hydrogen) atoms. The molecule has 0 aliphatic carbocycles. The molecule has 3 fully saturated rings. The van der Waals surface area contributed by atoms with E-state index in [1.807, 2.05) is 7.11 Å². The Morgan fingerprint density at radius 1 is 1.26 bits per heavy atom. The number of fused-ring (bicyclic) bond motifs is 2. The fourth-order valence-electron chi connectivity index (χ4n) is 4.60. The van der Waals surface area contributed by atoms with Crippen molar-refractivity contribution < 1.29 is 4.74 Å². The summed E-state index contributed by atoms with van der Waals surface area (Å²) in [5.74, 6) is 0.769. The summed E-state index contributed by atoms with van der Waals surface area (Å²) in [5, 5.41) is 0. The molecule has 3 saturated heterocycles. The molecule has 0 radical (unpaired) electrons. The summed E-state index contributed by atoms with van der Waals surface area (Å²) in [7, 11) is 1.86. The van der Waals surface area contributed by atoms with E-state index in [2.05, 4.69) is 16.7 Å². The fourth-order valence-corrected chi connectivity index (χ4v) is 4.60. The van der Waals surface area contributed by atoms with E-state index in [0.717, 1.165) is 19.0 Å². The first-order chi connectivity index (χ1) is 9.12. The van der Waals surface area contributed by atoms with E-state index >= 15 is 0 Å². The van der Waals surface area contributed by atoms with Gasteiger partial charge in [-0.15, -0.1) is 0 Å². The molecule has 3 rings (SSSR count). The topological polar surface area (TPSA) is 41.7 Å². The van der Waals surface area contributed by atoms with E-state index in [1.54, 1.807) is 0 Å². The number of nitrogens with two attached hydrogens (primary N) is 1. The van der Waals surface area contributed by atoms with Gasteiger partial charge in [-0.3, -0.25) is 4.90 Å². The molecule has 2 bridgehead atoms. The van der Waals surface area contributed by atoms with E-state index in [-0.39, 0.29) is 11.1 Å². The summed E-state index contributed by atoms with van der Waals surface area (Å²) in [4.78, 5) is 5.30. The molecule has 4 heteroatoms. The van der Waals surface area contributed by atoms with E-state index in [0.29, 0.717) is 0 Å². The Morgan fingerprint density at radius 3 is 2.84 bits per heavy atom. The Hall–Kier alpha value is -0.160. The average molecular weight is 267 g/mol. The van der Waals surface area contributed by atoms with E-state index in [9.17, 15) is 0 Å². The maximum atomic E-state index is 6.28. The molecule has 0 aromatic heterocycles. The highest BCUT2D eigenvalue weighted by Crippen LogP contribution is 2.41. The Bertz CT molecular complexity index is 337. The van der Waals surface area contributed by atoms with Crippen LogP contribution in [0.15, 0.2) is 0 Å². The highest BCUT2D eigenvalue weighted by molar-refractivity contribution is 5.07. The molecular weight excluding hydrogens is 238 g/mol. The average Bonchev–Trinajstić information content (AvgIpc) is 2.84.